The molecule has 0 N–H and O–H groups in total. The van der Waals surface area contributed by atoms with E-state index < -0.39 is 6.10 Å². The summed E-state index contributed by atoms with van der Waals surface area (Å²) in [5.74, 6) is 0.113. The number of aryl methyl sites for hydroxylation is 1. The summed E-state index contributed by atoms with van der Waals surface area (Å²) in [7, 11) is 0. The summed E-state index contributed by atoms with van der Waals surface area (Å²) in [5, 5.41) is 3.68. The maximum absolute atomic E-state index is 10.7. The van der Waals surface area contributed by atoms with Gasteiger partial charge in [0.1, 0.15) is 0 Å². The minimum absolute atomic E-state index is 0.376. The lowest BCUT2D eigenvalue weighted by atomic mass is 10.2. The normalized spacial score (nSPS) is 12.2. The number of esters is 1. The number of ether oxygens (including phenoxy) is 1. The minimum atomic E-state index is -0.543. The standard InChI is InChI=1S/C9H11NO3/c1-4-8(12-7(3)11)9-5-6(2)10-13-9/h4-5,8H,1H2,2-3H3/t8-/m0/s1. The Labute approximate surface area is 76.2 Å². The summed E-state index contributed by atoms with van der Waals surface area (Å²) in [5.41, 5.74) is 0.744. The molecule has 1 atom stereocenters. The minimum Gasteiger partial charge on any atom is -0.450 e. The molecule has 0 bridgehead atoms. The molecule has 1 aromatic rings. The predicted octanol–water partition coefficient (Wildman–Crippen LogP) is 1.77. The van der Waals surface area contributed by atoms with E-state index in [4.69, 9.17) is 9.26 Å². The molecule has 0 saturated heterocycles. The van der Waals surface area contributed by atoms with E-state index in [0.717, 1.165) is 5.69 Å². The Morgan fingerprint density at radius 2 is 2.54 bits per heavy atom. The van der Waals surface area contributed by atoms with Crippen molar-refractivity contribution in [3.8, 4) is 0 Å². The number of rotatable bonds is 3. The van der Waals surface area contributed by atoms with Crippen LogP contribution in [0, 0.1) is 6.92 Å². The molecule has 70 valence electrons. The molecule has 13 heavy (non-hydrogen) atoms. The zero-order valence-corrected chi connectivity index (χ0v) is 7.61. The third kappa shape index (κ3) is 2.43. The molecule has 0 amide bonds. The smallest absolute Gasteiger partial charge is 0.303 e. The van der Waals surface area contributed by atoms with Gasteiger partial charge in [0.05, 0.1) is 5.69 Å². The molecule has 1 aromatic heterocycles. The first-order chi connectivity index (χ1) is 6.13. The Morgan fingerprint density at radius 3 is 2.92 bits per heavy atom. The predicted molar refractivity (Wildman–Crippen MR) is 45.9 cm³/mol. The van der Waals surface area contributed by atoms with Crippen LogP contribution < -0.4 is 0 Å². The van der Waals surface area contributed by atoms with Gasteiger partial charge in [0.25, 0.3) is 0 Å². The van der Waals surface area contributed by atoms with Gasteiger partial charge < -0.3 is 9.26 Å². The highest BCUT2D eigenvalue weighted by Gasteiger charge is 2.15. The first-order valence-corrected chi connectivity index (χ1v) is 3.86. The molecule has 0 saturated carbocycles. The second kappa shape index (κ2) is 3.89. The molecule has 4 heteroatoms. The maximum Gasteiger partial charge on any atom is 0.303 e. The van der Waals surface area contributed by atoms with Crippen molar-refractivity contribution in [3.63, 3.8) is 0 Å². The van der Waals surface area contributed by atoms with E-state index in [1.54, 1.807) is 13.0 Å². The van der Waals surface area contributed by atoms with Gasteiger partial charge in [-0.05, 0) is 13.0 Å². The summed E-state index contributed by atoms with van der Waals surface area (Å²) < 4.78 is 9.83. The van der Waals surface area contributed by atoms with Gasteiger partial charge in [-0.1, -0.05) is 11.7 Å². The Bertz CT molecular complexity index is 316. The number of hydrogen-bond acceptors (Lipinski definition) is 4. The summed E-state index contributed by atoms with van der Waals surface area (Å²) in [4.78, 5) is 10.7. The van der Waals surface area contributed by atoms with E-state index in [1.165, 1.54) is 13.0 Å². The van der Waals surface area contributed by atoms with E-state index in [-0.39, 0.29) is 5.97 Å². The second-order valence-electron chi connectivity index (χ2n) is 2.64. The van der Waals surface area contributed by atoms with Gasteiger partial charge >= 0.3 is 5.97 Å². The lowest BCUT2D eigenvalue weighted by Gasteiger charge is -2.07. The van der Waals surface area contributed by atoms with Crippen molar-refractivity contribution in [1.29, 1.82) is 0 Å². The van der Waals surface area contributed by atoms with Crippen LogP contribution in [0.1, 0.15) is 24.5 Å². The molecule has 0 unspecified atom stereocenters. The van der Waals surface area contributed by atoms with Crippen LogP contribution in [0.3, 0.4) is 0 Å². The Kier molecular flexibility index (Phi) is 2.84. The Morgan fingerprint density at radius 1 is 1.85 bits per heavy atom. The third-order valence-corrected chi connectivity index (χ3v) is 1.43. The number of aromatic nitrogens is 1. The van der Waals surface area contributed by atoms with Crippen LogP contribution in [0.25, 0.3) is 0 Å². The largest absolute Gasteiger partial charge is 0.450 e. The average molecular weight is 181 g/mol. The van der Waals surface area contributed by atoms with Gasteiger partial charge in [-0.2, -0.15) is 0 Å². The summed E-state index contributed by atoms with van der Waals surface area (Å²) in [6.45, 7) is 6.66. The number of hydrogen-bond donors (Lipinski definition) is 0. The molecular weight excluding hydrogens is 170 g/mol. The van der Waals surface area contributed by atoms with Crippen molar-refractivity contribution in [2.24, 2.45) is 0 Å². The van der Waals surface area contributed by atoms with Gasteiger partial charge in [-0.15, -0.1) is 0 Å². The van der Waals surface area contributed by atoms with E-state index in [0.29, 0.717) is 5.76 Å². The van der Waals surface area contributed by atoms with Crippen molar-refractivity contribution in [2.75, 3.05) is 0 Å². The molecule has 0 fully saturated rings. The van der Waals surface area contributed by atoms with Gasteiger partial charge in [0, 0.05) is 13.0 Å². The molecule has 0 aliphatic rings. The first-order valence-electron chi connectivity index (χ1n) is 3.86. The molecule has 0 aromatic carbocycles. The van der Waals surface area contributed by atoms with Gasteiger partial charge in [-0.25, -0.2) is 0 Å². The molecule has 0 aliphatic heterocycles. The molecule has 1 heterocycles. The van der Waals surface area contributed by atoms with Gasteiger partial charge in [0.2, 0.25) is 0 Å². The zero-order chi connectivity index (χ0) is 9.84. The van der Waals surface area contributed by atoms with E-state index >= 15 is 0 Å². The van der Waals surface area contributed by atoms with Crippen LogP contribution >= 0.6 is 0 Å². The fraction of sp³-hybridized carbons (Fsp3) is 0.333. The summed E-state index contributed by atoms with van der Waals surface area (Å²) >= 11 is 0. The highest BCUT2D eigenvalue weighted by Crippen LogP contribution is 2.19. The fourth-order valence-corrected chi connectivity index (χ4v) is 0.919. The van der Waals surface area contributed by atoms with Crippen LogP contribution in [0.15, 0.2) is 23.2 Å². The van der Waals surface area contributed by atoms with Gasteiger partial charge in [0.15, 0.2) is 11.9 Å². The lowest BCUT2D eigenvalue weighted by Crippen LogP contribution is -2.04. The highest BCUT2D eigenvalue weighted by atomic mass is 16.6. The lowest BCUT2D eigenvalue weighted by molar-refractivity contribution is -0.145. The van der Waals surface area contributed by atoms with Crippen LogP contribution in [0.5, 0.6) is 0 Å². The van der Waals surface area contributed by atoms with Crippen LogP contribution in [0.4, 0.5) is 0 Å². The Balaban J connectivity index is 2.78. The zero-order valence-electron chi connectivity index (χ0n) is 7.61. The van der Waals surface area contributed by atoms with E-state index in [2.05, 4.69) is 11.7 Å². The second-order valence-corrected chi connectivity index (χ2v) is 2.64. The monoisotopic (exact) mass is 181 g/mol. The molecule has 0 spiro atoms. The van der Waals surface area contributed by atoms with Crippen LogP contribution in [0.2, 0.25) is 0 Å². The molecule has 0 aliphatic carbocycles. The third-order valence-electron chi connectivity index (χ3n) is 1.43. The highest BCUT2D eigenvalue weighted by molar-refractivity contribution is 5.66. The quantitative estimate of drug-likeness (QED) is 0.526. The summed E-state index contributed by atoms with van der Waals surface area (Å²) in [6.07, 6.45) is 0.945. The molecule has 4 nitrogen and oxygen atoms in total. The number of carbonyl (C=O) groups excluding carboxylic acids is 1. The van der Waals surface area contributed by atoms with E-state index in [9.17, 15) is 4.79 Å². The molecule has 1 rings (SSSR count). The average Bonchev–Trinajstić information content (AvgIpc) is 2.47. The van der Waals surface area contributed by atoms with Crippen molar-refractivity contribution in [1.82, 2.24) is 5.16 Å². The first kappa shape index (κ1) is 9.51. The van der Waals surface area contributed by atoms with Crippen molar-refractivity contribution >= 4 is 5.97 Å². The molecular formula is C9H11NO3. The SMILES string of the molecule is C=C[C@H](OC(C)=O)c1cc(C)no1. The van der Waals surface area contributed by atoms with Crippen LogP contribution in [-0.2, 0) is 9.53 Å². The van der Waals surface area contributed by atoms with Crippen molar-refractivity contribution < 1.29 is 14.1 Å². The Hall–Kier alpha value is -1.58. The topological polar surface area (TPSA) is 52.3 Å². The van der Waals surface area contributed by atoms with Gasteiger partial charge in [-0.3, -0.25) is 4.79 Å². The maximum atomic E-state index is 10.7. The fourth-order valence-electron chi connectivity index (χ4n) is 0.919. The molecule has 0 radical (unpaired) electrons. The van der Waals surface area contributed by atoms with Crippen LogP contribution in [-0.4, -0.2) is 11.1 Å². The number of nitrogens with zero attached hydrogens (tertiary/aromatic N) is 1. The number of carbonyl (C=O) groups is 1. The summed E-state index contributed by atoms with van der Waals surface area (Å²) in [6, 6.07) is 1.70. The van der Waals surface area contributed by atoms with Crippen molar-refractivity contribution in [3.05, 3.63) is 30.2 Å². The van der Waals surface area contributed by atoms with E-state index in [1.807, 2.05) is 0 Å². The van der Waals surface area contributed by atoms with Crippen molar-refractivity contribution in [2.45, 2.75) is 20.0 Å².